The average Bonchev–Trinajstić information content (AvgIpc) is 2.82. The lowest BCUT2D eigenvalue weighted by Crippen LogP contribution is -2.58. The molecule has 2 N–H and O–H groups in total. The van der Waals surface area contributed by atoms with Crippen LogP contribution in [0.5, 0.6) is 5.75 Å². The van der Waals surface area contributed by atoms with Crippen LogP contribution in [-0.4, -0.2) is 25.1 Å². The Morgan fingerprint density at radius 1 is 0.947 bits per heavy atom. The van der Waals surface area contributed by atoms with Crippen molar-refractivity contribution >= 4 is 6.03 Å². The lowest BCUT2D eigenvalue weighted by atomic mass is 9.77. The monoisotopic (exact) mass is 540 g/mol. The molecule has 0 heterocycles. The second-order valence-electron chi connectivity index (χ2n) is 9.20. The fourth-order valence-electron chi connectivity index (χ4n) is 4.56. The average molecular weight is 540 g/mol. The van der Waals surface area contributed by atoms with E-state index in [1.165, 1.54) is 19.2 Å². The van der Waals surface area contributed by atoms with Gasteiger partial charge in [-0.1, -0.05) is 36.4 Å². The molecule has 1 atom stereocenters. The van der Waals surface area contributed by atoms with E-state index in [9.17, 15) is 35.5 Å². The summed E-state index contributed by atoms with van der Waals surface area (Å²) >= 11 is 0. The van der Waals surface area contributed by atoms with E-state index in [0.29, 0.717) is 17.7 Å². The smallest absolute Gasteiger partial charge is 0.416 e. The first-order valence-electron chi connectivity index (χ1n) is 11.5. The van der Waals surface area contributed by atoms with E-state index < -0.39 is 59.8 Å². The SMILES string of the molecule is COc1cc(C(Cc2ccccc2)(NC(=O)NC2CC(F)(F)C2)c2cc(F)cc(C(F)(F)F)c2)ccc1F. The summed E-state index contributed by atoms with van der Waals surface area (Å²) in [5.41, 5.74) is -2.89. The van der Waals surface area contributed by atoms with Gasteiger partial charge in [0.25, 0.3) is 5.92 Å². The molecule has 1 saturated carbocycles. The number of urea groups is 1. The zero-order valence-electron chi connectivity index (χ0n) is 20.0. The van der Waals surface area contributed by atoms with Gasteiger partial charge in [0.2, 0.25) is 0 Å². The highest BCUT2D eigenvalue weighted by Gasteiger charge is 2.47. The van der Waals surface area contributed by atoms with Gasteiger partial charge in [0, 0.05) is 25.3 Å². The van der Waals surface area contributed by atoms with Gasteiger partial charge >= 0.3 is 12.2 Å². The number of benzene rings is 3. The molecule has 202 valence electrons. The van der Waals surface area contributed by atoms with Crippen LogP contribution in [0, 0.1) is 11.6 Å². The third kappa shape index (κ3) is 5.87. The van der Waals surface area contributed by atoms with Crippen LogP contribution in [0.15, 0.2) is 66.7 Å². The molecule has 2 amide bonds. The maximum absolute atomic E-state index is 14.7. The molecular formula is C27H23F7N2O2. The molecule has 4 nitrogen and oxygen atoms in total. The molecule has 0 aromatic heterocycles. The Kier molecular flexibility index (Phi) is 7.31. The zero-order chi connectivity index (χ0) is 27.7. The van der Waals surface area contributed by atoms with Crippen molar-refractivity contribution in [3.63, 3.8) is 0 Å². The van der Waals surface area contributed by atoms with Gasteiger partial charge in [-0.25, -0.2) is 22.4 Å². The Hall–Kier alpha value is -3.76. The van der Waals surface area contributed by atoms with Crippen molar-refractivity contribution in [3.8, 4) is 5.75 Å². The van der Waals surface area contributed by atoms with Gasteiger partial charge in [0.1, 0.15) is 5.82 Å². The van der Waals surface area contributed by atoms with Gasteiger partial charge in [-0.2, -0.15) is 13.2 Å². The fourth-order valence-corrected chi connectivity index (χ4v) is 4.56. The minimum atomic E-state index is -4.92. The molecule has 1 unspecified atom stereocenters. The number of rotatable bonds is 7. The van der Waals surface area contributed by atoms with Crippen LogP contribution in [0.1, 0.15) is 35.1 Å². The van der Waals surface area contributed by atoms with Gasteiger partial charge in [0.15, 0.2) is 11.6 Å². The molecule has 1 fully saturated rings. The van der Waals surface area contributed by atoms with Crippen LogP contribution in [0.2, 0.25) is 0 Å². The van der Waals surface area contributed by atoms with E-state index in [4.69, 9.17) is 4.74 Å². The molecule has 0 spiro atoms. The van der Waals surface area contributed by atoms with E-state index >= 15 is 0 Å². The highest BCUT2D eigenvalue weighted by atomic mass is 19.4. The summed E-state index contributed by atoms with van der Waals surface area (Å²) in [6, 6.07) is 11.7. The second kappa shape index (κ2) is 10.2. The maximum Gasteiger partial charge on any atom is 0.416 e. The quantitative estimate of drug-likeness (QED) is 0.333. The normalized spacial score (nSPS) is 16.7. The van der Waals surface area contributed by atoms with E-state index in [1.54, 1.807) is 30.3 Å². The summed E-state index contributed by atoms with van der Waals surface area (Å²) in [5, 5.41) is 5.01. The Morgan fingerprint density at radius 3 is 2.21 bits per heavy atom. The van der Waals surface area contributed by atoms with Crippen molar-refractivity contribution in [1.82, 2.24) is 10.6 Å². The predicted octanol–water partition coefficient (Wildman–Crippen LogP) is 6.58. The summed E-state index contributed by atoms with van der Waals surface area (Å²) in [5.74, 6) is -5.20. The third-order valence-electron chi connectivity index (χ3n) is 6.43. The molecule has 0 radical (unpaired) electrons. The summed E-state index contributed by atoms with van der Waals surface area (Å²) in [6.45, 7) is 0. The largest absolute Gasteiger partial charge is 0.494 e. The molecule has 3 aromatic carbocycles. The van der Waals surface area contributed by atoms with E-state index in [-0.39, 0.29) is 23.3 Å². The van der Waals surface area contributed by atoms with Gasteiger partial charge in [-0.3, -0.25) is 0 Å². The number of carbonyl (C=O) groups is 1. The molecule has 38 heavy (non-hydrogen) atoms. The Morgan fingerprint density at radius 2 is 1.61 bits per heavy atom. The number of carbonyl (C=O) groups excluding carboxylic acids is 1. The van der Waals surface area contributed by atoms with Crippen molar-refractivity contribution in [3.05, 3.63) is 101 Å². The topological polar surface area (TPSA) is 50.4 Å². The number of alkyl halides is 5. The van der Waals surface area contributed by atoms with Gasteiger partial charge in [-0.15, -0.1) is 0 Å². The van der Waals surface area contributed by atoms with Crippen molar-refractivity contribution < 1.29 is 40.3 Å². The first-order chi connectivity index (χ1) is 17.8. The van der Waals surface area contributed by atoms with Crippen molar-refractivity contribution in [1.29, 1.82) is 0 Å². The van der Waals surface area contributed by atoms with Crippen LogP contribution < -0.4 is 15.4 Å². The van der Waals surface area contributed by atoms with Crippen molar-refractivity contribution in [2.24, 2.45) is 0 Å². The molecule has 0 bridgehead atoms. The lowest BCUT2D eigenvalue weighted by Gasteiger charge is -2.39. The molecule has 1 aliphatic rings. The van der Waals surface area contributed by atoms with E-state index in [0.717, 1.165) is 12.1 Å². The van der Waals surface area contributed by atoms with Gasteiger partial charge < -0.3 is 15.4 Å². The molecule has 3 aromatic rings. The molecular weight excluding hydrogens is 517 g/mol. The summed E-state index contributed by atoms with van der Waals surface area (Å²) < 4.78 is 102. The summed E-state index contributed by atoms with van der Waals surface area (Å²) in [4.78, 5) is 13.1. The highest BCUT2D eigenvalue weighted by Crippen LogP contribution is 2.40. The first-order valence-corrected chi connectivity index (χ1v) is 11.5. The fraction of sp³-hybridized carbons (Fsp3) is 0.296. The number of hydrogen-bond donors (Lipinski definition) is 2. The Labute approximate surface area is 213 Å². The number of hydrogen-bond acceptors (Lipinski definition) is 2. The third-order valence-corrected chi connectivity index (χ3v) is 6.43. The number of amides is 2. The standard InChI is InChI=1S/C27H23F7N2O2/c1-38-23-12-17(7-8-22(23)29)26(13-16-5-3-2-4-6-16,36-24(37)35-21-14-25(30,31)15-21)18-9-19(27(32,33)34)11-20(28)10-18/h2-12,21H,13-15H2,1H3,(H2,35,36,37). The van der Waals surface area contributed by atoms with Crippen LogP contribution in [0.25, 0.3) is 0 Å². The van der Waals surface area contributed by atoms with Crippen LogP contribution >= 0.6 is 0 Å². The zero-order valence-corrected chi connectivity index (χ0v) is 20.0. The second-order valence-corrected chi connectivity index (χ2v) is 9.20. The Balaban J connectivity index is 1.90. The van der Waals surface area contributed by atoms with Crippen molar-refractivity contribution in [2.45, 2.75) is 42.9 Å². The molecule has 1 aliphatic carbocycles. The minimum absolute atomic E-state index is 0.0763. The van der Waals surface area contributed by atoms with E-state index in [2.05, 4.69) is 10.6 Å². The molecule has 11 heteroatoms. The minimum Gasteiger partial charge on any atom is -0.494 e. The molecule has 4 rings (SSSR count). The molecule has 0 aliphatic heterocycles. The number of ether oxygens (including phenoxy) is 1. The van der Waals surface area contributed by atoms with Crippen LogP contribution in [0.4, 0.5) is 35.5 Å². The van der Waals surface area contributed by atoms with Crippen LogP contribution in [-0.2, 0) is 18.1 Å². The highest BCUT2D eigenvalue weighted by molar-refractivity contribution is 5.77. The predicted molar refractivity (Wildman–Crippen MR) is 125 cm³/mol. The Bertz CT molecular complexity index is 1310. The number of nitrogens with one attached hydrogen (secondary N) is 2. The maximum atomic E-state index is 14.7. The van der Waals surface area contributed by atoms with Crippen LogP contribution in [0.3, 0.4) is 0 Å². The first kappa shape index (κ1) is 27.3. The van der Waals surface area contributed by atoms with E-state index in [1.807, 2.05) is 0 Å². The van der Waals surface area contributed by atoms with Gasteiger partial charge in [-0.05, 0) is 47.0 Å². The number of halogens is 7. The number of methoxy groups -OCH3 is 1. The van der Waals surface area contributed by atoms with Gasteiger partial charge in [0.05, 0.1) is 18.2 Å². The summed E-state index contributed by atoms with van der Waals surface area (Å²) in [6.07, 6.45) is -6.32. The lowest BCUT2D eigenvalue weighted by molar-refractivity contribution is -0.137. The summed E-state index contributed by atoms with van der Waals surface area (Å²) in [7, 11) is 1.18. The van der Waals surface area contributed by atoms with Crippen molar-refractivity contribution in [2.75, 3.05) is 7.11 Å². The molecule has 0 saturated heterocycles.